The van der Waals surface area contributed by atoms with Crippen molar-refractivity contribution in [2.75, 3.05) is 0 Å². The van der Waals surface area contributed by atoms with E-state index in [1.165, 1.54) is 0 Å². The Labute approximate surface area is 83.1 Å². The SMILES string of the molecule is Cc1nnc(-c2ccncc2Br)o1. The van der Waals surface area contributed by atoms with Gasteiger partial charge < -0.3 is 4.42 Å². The molecule has 2 aromatic heterocycles. The third-order valence-corrected chi connectivity index (χ3v) is 2.16. The minimum absolute atomic E-state index is 0.506. The first kappa shape index (κ1) is 8.37. The molecule has 0 aliphatic rings. The molecular weight excluding hydrogens is 234 g/mol. The molecule has 0 saturated heterocycles. The number of nitrogens with zero attached hydrogens (tertiary/aromatic N) is 3. The smallest absolute Gasteiger partial charge is 0.248 e. The van der Waals surface area contributed by atoms with E-state index < -0.39 is 0 Å². The van der Waals surface area contributed by atoms with E-state index in [2.05, 4.69) is 31.1 Å². The molecule has 0 radical (unpaired) electrons. The second kappa shape index (κ2) is 3.26. The summed E-state index contributed by atoms with van der Waals surface area (Å²) in [5.74, 6) is 1.06. The standard InChI is InChI=1S/C8H6BrN3O/c1-5-11-12-8(13-5)6-2-3-10-4-7(6)9/h2-4H,1H3. The summed E-state index contributed by atoms with van der Waals surface area (Å²) in [6.45, 7) is 1.76. The Bertz CT molecular complexity index is 427. The van der Waals surface area contributed by atoms with E-state index in [0.29, 0.717) is 11.8 Å². The molecule has 0 aliphatic heterocycles. The number of hydrogen-bond acceptors (Lipinski definition) is 4. The first-order chi connectivity index (χ1) is 6.27. The quantitative estimate of drug-likeness (QED) is 0.766. The van der Waals surface area contributed by atoms with Gasteiger partial charge in [0.2, 0.25) is 11.8 Å². The van der Waals surface area contributed by atoms with Crippen LogP contribution in [0.4, 0.5) is 0 Å². The van der Waals surface area contributed by atoms with Crippen molar-refractivity contribution >= 4 is 15.9 Å². The summed E-state index contributed by atoms with van der Waals surface area (Å²) in [5.41, 5.74) is 0.857. The predicted molar refractivity (Wildman–Crippen MR) is 50.0 cm³/mol. The van der Waals surface area contributed by atoms with E-state index in [4.69, 9.17) is 4.42 Å². The fourth-order valence-electron chi connectivity index (χ4n) is 0.954. The van der Waals surface area contributed by atoms with Crippen molar-refractivity contribution in [2.24, 2.45) is 0 Å². The molecular formula is C8H6BrN3O. The van der Waals surface area contributed by atoms with Crippen molar-refractivity contribution < 1.29 is 4.42 Å². The van der Waals surface area contributed by atoms with Gasteiger partial charge >= 0.3 is 0 Å². The van der Waals surface area contributed by atoms with Gasteiger partial charge in [-0.05, 0) is 22.0 Å². The molecule has 0 N–H and O–H groups in total. The maximum absolute atomic E-state index is 5.27. The number of rotatable bonds is 1. The van der Waals surface area contributed by atoms with Crippen LogP contribution in [0.3, 0.4) is 0 Å². The van der Waals surface area contributed by atoms with Gasteiger partial charge in [-0.1, -0.05) is 0 Å². The Morgan fingerprint density at radius 1 is 1.38 bits per heavy atom. The van der Waals surface area contributed by atoms with Crippen molar-refractivity contribution in [3.05, 3.63) is 28.8 Å². The van der Waals surface area contributed by atoms with Crippen molar-refractivity contribution in [1.29, 1.82) is 0 Å². The van der Waals surface area contributed by atoms with Gasteiger partial charge in [-0.15, -0.1) is 10.2 Å². The maximum atomic E-state index is 5.27. The van der Waals surface area contributed by atoms with Gasteiger partial charge in [0.1, 0.15) is 0 Å². The molecule has 0 aliphatic carbocycles. The summed E-state index contributed by atoms with van der Waals surface area (Å²) >= 11 is 3.35. The zero-order chi connectivity index (χ0) is 9.26. The normalized spacial score (nSPS) is 10.3. The van der Waals surface area contributed by atoms with Crippen molar-refractivity contribution in [2.45, 2.75) is 6.92 Å². The minimum Gasteiger partial charge on any atom is -0.421 e. The van der Waals surface area contributed by atoms with Crippen LogP contribution >= 0.6 is 15.9 Å². The molecule has 0 aromatic carbocycles. The molecule has 2 aromatic rings. The molecule has 2 rings (SSSR count). The Balaban J connectivity index is 2.52. The second-order valence-corrected chi connectivity index (χ2v) is 3.34. The molecule has 0 fully saturated rings. The number of pyridine rings is 1. The van der Waals surface area contributed by atoms with Crippen LogP contribution in [0.1, 0.15) is 5.89 Å². The van der Waals surface area contributed by atoms with E-state index in [9.17, 15) is 0 Å². The highest BCUT2D eigenvalue weighted by atomic mass is 79.9. The van der Waals surface area contributed by atoms with Gasteiger partial charge in [-0.3, -0.25) is 4.98 Å². The summed E-state index contributed by atoms with van der Waals surface area (Å²) in [6, 6.07) is 1.82. The molecule has 5 heteroatoms. The Kier molecular flexibility index (Phi) is 2.10. The zero-order valence-corrected chi connectivity index (χ0v) is 8.45. The van der Waals surface area contributed by atoms with Crippen LogP contribution in [0.2, 0.25) is 0 Å². The number of halogens is 1. The van der Waals surface area contributed by atoms with Gasteiger partial charge in [-0.2, -0.15) is 0 Å². The van der Waals surface area contributed by atoms with E-state index in [1.54, 1.807) is 19.3 Å². The second-order valence-electron chi connectivity index (χ2n) is 2.48. The van der Waals surface area contributed by atoms with Gasteiger partial charge in [0.25, 0.3) is 0 Å². The minimum atomic E-state index is 0.506. The summed E-state index contributed by atoms with van der Waals surface area (Å²) in [5, 5.41) is 7.65. The molecule has 0 unspecified atom stereocenters. The highest BCUT2D eigenvalue weighted by molar-refractivity contribution is 9.10. The molecule has 0 atom stereocenters. The number of hydrogen-bond donors (Lipinski definition) is 0. The first-order valence-electron chi connectivity index (χ1n) is 3.67. The predicted octanol–water partition coefficient (Wildman–Crippen LogP) is 2.20. The molecule has 66 valence electrons. The van der Waals surface area contributed by atoms with Gasteiger partial charge in [-0.25, -0.2) is 0 Å². The lowest BCUT2D eigenvalue weighted by Crippen LogP contribution is -1.80. The molecule has 0 amide bonds. The number of aromatic nitrogens is 3. The van der Waals surface area contributed by atoms with Crippen LogP contribution in [0.25, 0.3) is 11.5 Å². The van der Waals surface area contributed by atoms with Gasteiger partial charge in [0.15, 0.2) is 0 Å². The van der Waals surface area contributed by atoms with E-state index in [-0.39, 0.29) is 0 Å². The summed E-state index contributed by atoms with van der Waals surface area (Å²) < 4.78 is 6.12. The lowest BCUT2D eigenvalue weighted by Gasteiger charge is -1.95. The molecule has 0 bridgehead atoms. The average Bonchev–Trinajstić information content (AvgIpc) is 2.53. The molecule has 13 heavy (non-hydrogen) atoms. The van der Waals surface area contributed by atoms with Crippen LogP contribution < -0.4 is 0 Å². The summed E-state index contributed by atoms with van der Waals surface area (Å²) in [4.78, 5) is 3.94. The van der Waals surface area contributed by atoms with Crippen molar-refractivity contribution in [1.82, 2.24) is 15.2 Å². The third kappa shape index (κ3) is 1.60. The van der Waals surface area contributed by atoms with Crippen LogP contribution in [0.15, 0.2) is 27.3 Å². The highest BCUT2D eigenvalue weighted by Gasteiger charge is 2.08. The van der Waals surface area contributed by atoms with E-state index >= 15 is 0 Å². The van der Waals surface area contributed by atoms with Crippen molar-refractivity contribution in [3.63, 3.8) is 0 Å². The Morgan fingerprint density at radius 3 is 2.85 bits per heavy atom. The lowest BCUT2D eigenvalue weighted by atomic mass is 10.3. The van der Waals surface area contributed by atoms with Gasteiger partial charge in [0.05, 0.1) is 5.56 Å². The van der Waals surface area contributed by atoms with Crippen LogP contribution in [0, 0.1) is 6.92 Å². The molecule has 0 spiro atoms. The van der Waals surface area contributed by atoms with E-state index in [0.717, 1.165) is 10.0 Å². The maximum Gasteiger partial charge on any atom is 0.248 e. The Hall–Kier alpha value is -1.23. The van der Waals surface area contributed by atoms with Crippen LogP contribution in [0.5, 0.6) is 0 Å². The van der Waals surface area contributed by atoms with E-state index in [1.807, 2.05) is 6.07 Å². The summed E-state index contributed by atoms with van der Waals surface area (Å²) in [7, 11) is 0. The molecule has 0 saturated carbocycles. The fraction of sp³-hybridized carbons (Fsp3) is 0.125. The zero-order valence-electron chi connectivity index (χ0n) is 6.86. The van der Waals surface area contributed by atoms with Crippen molar-refractivity contribution in [3.8, 4) is 11.5 Å². The fourth-order valence-corrected chi connectivity index (χ4v) is 1.37. The average molecular weight is 240 g/mol. The number of aryl methyl sites for hydroxylation is 1. The Morgan fingerprint density at radius 2 is 2.23 bits per heavy atom. The van der Waals surface area contributed by atoms with Crippen LogP contribution in [-0.2, 0) is 0 Å². The summed E-state index contributed by atoms with van der Waals surface area (Å²) in [6.07, 6.45) is 3.37. The largest absolute Gasteiger partial charge is 0.421 e. The monoisotopic (exact) mass is 239 g/mol. The highest BCUT2D eigenvalue weighted by Crippen LogP contribution is 2.25. The first-order valence-corrected chi connectivity index (χ1v) is 4.46. The third-order valence-electron chi connectivity index (χ3n) is 1.53. The van der Waals surface area contributed by atoms with Crippen LogP contribution in [-0.4, -0.2) is 15.2 Å². The molecule has 2 heterocycles. The molecule has 4 nitrogen and oxygen atoms in total. The lowest BCUT2D eigenvalue weighted by molar-refractivity contribution is 0.532. The van der Waals surface area contributed by atoms with Gasteiger partial charge in [0, 0.05) is 23.8 Å². The topological polar surface area (TPSA) is 51.8 Å².